The first-order valence-corrected chi connectivity index (χ1v) is 8.74. The second kappa shape index (κ2) is 6.84. The van der Waals surface area contributed by atoms with E-state index >= 15 is 0 Å². The molecule has 0 saturated heterocycles. The summed E-state index contributed by atoms with van der Waals surface area (Å²) in [6, 6.07) is 10.9. The molecule has 8 heteroatoms. The van der Waals surface area contributed by atoms with Crippen LogP contribution in [-0.4, -0.2) is 20.3 Å². The van der Waals surface area contributed by atoms with Crippen molar-refractivity contribution in [2.24, 2.45) is 0 Å². The summed E-state index contributed by atoms with van der Waals surface area (Å²) in [7, 11) is 0. The second-order valence-electron chi connectivity index (χ2n) is 6.21. The average molecular weight is 373 g/mol. The van der Waals surface area contributed by atoms with E-state index in [4.69, 9.17) is 16.0 Å². The Bertz CT molecular complexity index is 986. The molecule has 2 aromatic heterocycles. The topological polar surface area (TPSA) is 82.1 Å². The van der Waals surface area contributed by atoms with Crippen molar-refractivity contribution in [3.05, 3.63) is 63.7 Å². The molecule has 1 saturated carbocycles. The normalized spacial score (nSPS) is 13.7. The van der Waals surface area contributed by atoms with E-state index in [0.717, 1.165) is 18.4 Å². The third kappa shape index (κ3) is 3.30. The lowest BCUT2D eigenvalue weighted by Crippen LogP contribution is -2.33. The number of rotatable bonds is 6. The minimum Gasteiger partial charge on any atom is -0.461 e. The molecule has 1 aliphatic rings. The van der Waals surface area contributed by atoms with Crippen LogP contribution in [0.25, 0.3) is 11.6 Å². The van der Waals surface area contributed by atoms with Crippen molar-refractivity contribution in [3.63, 3.8) is 0 Å². The maximum atomic E-state index is 12.7. The zero-order valence-electron chi connectivity index (χ0n) is 13.9. The predicted molar refractivity (Wildman–Crippen MR) is 95.8 cm³/mol. The van der Waals surface area contributed by atoms with Gasteiger partial charge in [-0.2, -0.15) is 0 Å². The van der Waals surface area contributed by atoms with Crippen LogP contribution in [0.5, 0.6) is 0 Å². The quantitative estimate of drug-likeness (QED) is 0.721. The number of nitrogens with zero attached hydrogens (tertiary/aromatic N) is 3. The maximum Gasteiger partial charge on any atom is 0.347 e. The van der Waals surface area contributed by atoms with Gasteiger partial charge in [0, 0.05) is 17.6 Å². The third-order valence-electron chi connectivity index (χ3n) is 4.25. The van der Waals surface area contributed by atoms with E-state index in [1.165, 1.54) is 10.9 Å². The third-order valence-corrected chi connectivity index (χ3v) is 4.62. The van der Waals surface area contributed by atoms with Crippen LogP contribution in [-0.2, 0) is 17.9 Å². The second-order valence-corrected chi connectivity index (χ2v) is 6.62. The Morgan fingerprint density at radius 2 is 2.08 bits per heavy atom. The fourth-order valence-corrected chi connectivity index (χ4v) is 2.99. The largest absolute Gasteiger partial charge is 0.461 e. The lowest BCUT2D eigenvalue weighted by Gasteiger charge is -2.06. The van der Waals surface area contributed by atoms with Gasteiger partial charge in [-0.1, -0.05) is 29.8 Å². The van der Waals surface area contributed by atoms with Gasteiger partial charge in [-0.3, -0.25) is 9.36 Å². The zero-order valence-corrected chi connectivity index (χ0v) is 14.6. The molecule has 0 aliphatic heterocycles. The molecule has 1 N–H and O–H groups in total. The molecule has 0 spiro atoms. The minimum absolute atomic E-state index is 0.127. The molecule has 1 aliphatic carbocycles. The van der Waals surface area contributed by atoms with Gasteiger partial charge in [-0.25, -0.2) is 9.48 Å². The summed E-state index contributed by atoms with van der Waals surface area (Å²) in [5.74, 6) is 0.670. The van der Waals surface area contributed by atoms with Crippen molar-refractivity contribution in [2.45, 2.75) is 32.0 Å². The number of halogens is 1. The molecule has 0 unspecified atom stereocenters. The molecule has 2 heterocycles. The van der Waals surface area contributed by atoms with Gasteiger partial charge in [0.2, 0.25) is 11.7 Å². The Hall–Kier alpha value is -2.80. The molecular formula is C18H17ClN4O3. The lowest BCUT2D eigenvalue weighted by atomic mass is 10.2. The van der Waals surface area contributed by atoms with Gasteiger partial charge in [-0.15, -0.1) is 5.10 Å². The number of amides is 1. The van der Waals surface area contributed by atoms with Crippen molar-refractivity contribution >= 4 is 17.5 Å². The highest BCUT2D eigenvalue weighted by Gasteiger charge is 2.31. The highest BCUT2D eigenvalue weighted by molar-refractivity contribution is 6.31. The Morgan fingerprint density at radius 3 is 2.77 bits per heavy atom. The fourth-order valence-electron chi connectivity index (χ4n) is 2.79. The van der Waals surface area contributed by atoms with Crippen molar-refractivity contribution in [2.75, 3.05) is 0 Å². The number of hydrogen-bond donors (Lipinski definition) is 1. The van der Waals surface area contributed by atoms with Crippen LogP contribution in [0, 0.1) is 0 Å². The summed E-state index contributed by atoms with van der Waals surface area (Å²) in [5.41, 5.74) is 0.515. The van der Waals surface area contributed by atoms with Crippen molar-refractivity contribution < 1.29 is 9.21 Å². The molecular weight excluding hydrogens is 356 g/mol. The Morgan fingerprint density at radius 1 is 1.27 bits per heavy atom. The van der Waals surface area contributed by atoms with E-state index in [-0.39, 0.29) is 24.2 Å². The van der Waals surface area contributed by atoms with Gasteiger partial charge in [0.1, 0.15) is 6.54 Å². The minimum atomic E-state index is -0.307. The Labute approximate surface area is 154 Å². The van der Waals surface area contributed by atoms with Gasteiger partial charge < -0.3 is 9.73 Å². The number of carbonyl (C=O) groups excluding carboxylic acids is 1. The van der Waals surface area contributed by atoms with Crippen molar-refractivity contribution in [1.29, 1.82) is 0 Å². The van der Waals surface area contributed by atoms with Crippen LogP contribution >= 0.6 is 11.6 Å². The van der Waals surface area contributed by atoms with Crippen LogP contribution in [0.4, 0.5) is 0 Å². The van der Waals surface area contributed by atoms with Crippen molar-refractivity contribution in [1.82, 2.24) is 19.7 Å². The van der Waals surface area contributed by atoms with Gasteiger partial charge in [0.25, 0.3) is 0 Å². The van der Waals surface area contributed by atoms with Crippen molar-refractivity contribution in [3.8, 4) is 11.6 Å². The summed E-state index contributed by atoms with van der Waals surface area (Å²) in [6.45, 7) is 0.137. The zero-order chi connectivity index (χ0) is 18.1. The van der Waals surface area contributed by atoms with E-state index in [1.54, 1.807) is 22.8 Å². The number of benzene rings is 1. The molecule has 0 radical (unpaired) electrons. The standard InChI is InChI=1S/C18H17ClN4O3/c19-14-5-2-1-4-12(14)10-20-16(24)11-22-18(25)23(13-7-8-13)17(21-22)15-6-3-9-26-15/h1-6,9,13H,7-8,10-11H2,(H,20,24). The average Bonchev–Trinajstić information content (AvgIpc) is 3.21. The number of carbonyl (C=O) groups is 1. The van der Waals surface area contributed by atoms with E-state index in [2.05, 4.69) is 10.4 Å². The molecule has 1 amide bonds. The molecule has 1 aromatic carbocycles. The lowest BCUT2D eigenvalue weighted by molar-refractivity contribution is -0.122. The summed E-state index contributed by atoms with van der Waals surface area (Å²) in [4.78, 5) is 24.9. The summed E-state index contributed by atoms with van der Waals surface area (Å²) >= 11 is 6.08. The molecule has 0 atom stereocenters. The van der Waals surface area contributed by atoms with Gasteiger partial charge in [-0.05, 0) is 36.6 Å². The first-order valence-electron chi connectivity index (χ1n) is 8.37. The maximum absolute atomic E-state index is 12.7. The number of aromatic nitrogens is 3. The van der Waals surface area contributed by atoms with E-state index < -0.39 is 0 Å². The number of furan rings is 1. The Kier molecular flexibility index (Phi) is 4.38. The number of hydrogen-bond acceptors (Lipinski definition) is 4. The van der Waals surface area contributed by atoms with Gasteiger partial charge >= 0.3 is 5.69 Å². The monoisotopic (exact) mass is 372 g/mol. The van der Waals surface area contributed by atoms with E-state index in [0.29, 0.717) is 23.2 Å². The molecule has 26 heavy (non-hydrogen) atoms. The SMILES string of the molecule is O=C(Cn1nc(-c2ccco2)n(C2CC2)c1=O)NCc1ccccc1Cl. The smallest absolute Gasteiger partial charge is 0.347 e. The first kappa shape index (κ1) is 16.7. The fraction of sp³-hybridized carbons (Fsp3) is 0.278. The van der Waals surface area contributed by atoms with E-state index in [9.17, 15) is 9.59 Å². The van der Waals surface area contributed by atoms with Crippen LogP contribution in [0.1, 0.15) is 24.4 Å². The molecule has 3 aromatic rings. The summed E-state index contributed by atoms with van der Waals surface area (Å²) in [6.07, 6.45) is 3.39. The van der Waals surface area contributed by atoms with Crippen LogP contribution in [0.15, 0.2) is 51.9 Å². The first-order chi connectivity index (χ1) is 12.6. The summed E-state index contributed by atoms with van der Waals surface area (Å²) in [5, 5.41) is 7.67. The van der Waals surface area contributed by atoms with Crippen LogP contribution in [0.3, 0.4) is 0 Å². The van der Waals surface area contributed by atoms with Gasteiger partial charge in [0.15, 0.2) is 5.76 Å². The van der Waals surface area contributed by atoms with Crippen LogP contribution < -0.4 is 11.0 Å². The Balaban J connectivity index is 1.51. The molecule has 0 bridgehead atoms. The predicted octanol–water partition coefficient (Wildman–Crippen LogP) is 2.61. The molecule has 134 valence electrons. The van der Waals surface area contributed by atoms with E-state index in [1.807, 2.05) is 18.2 Å². The molecule has 7 nitrogen and oxygen atoms in total. The summed E-state index contributed by atoms with van der Waals surface area (Å²) < 4.78 is 8.17. The van der Waals surface area contributed by atoms with Crippen LogP contribution in [0.2, 0.25) is 5.02 Å². The number of nitrogens with one attached hydrogen (secondary N) is 1. The molecule has 4 rings (SSSR count). The highest BCUT2D eigenvalue weighted by atomic mass is 35.5. The van der Waals surface area contributed by atoms with Gasteiger partial charge in [0.05, 0.1) is 6.26 Å². The molecule has 1 fully saturated rings. The highest BCUT2D eigenvalue weighted by Crippen LogP contribution is 2.36.